The molecule has 0 fully saturated rings. The fourth-order valence-corrected chi connectivity index (χ4v) is 6.01. The molecule has 0 spiro atoms. The van der Waals surface area contributed by atoms with E-state index in [9.17, 15) is 19.8 Å². The Morgan fingerprint density at radius 1 is 1.00 bits per heavy atom. The van der Waals surface area contributed by atoms with Crippen LogP contribution in [0.15, 0.2) is 60.2 Å². The Balaban J connectivity index is 1.79. The standard InChI is InChI=1S/C34H46ClIN2O5/c1-2-3-4-5-6-7-8-9-10-15-32(40)38(24-25-16-18-27(35)19-17-25)29-22-26(34(42)37-20-21-39)23-31(33(29)41)43-30-14-12-11-13-28(30)36/h11-14,16-19,23,29,31,33,39,41H,2-10,15,20-22,24H2,1H3,(H,37,42). The lowest BCUT2D eigenvalue weighted by atomic mass is 9.87. The summed E-state index contributed by atoms with van der Waals surface area (Å²) >= 11 is 8.30. The largest absolute Gasteiger partial charge is 0.482 e. The number of nitrogens with zero attached hydrogens (tertiary/aromatic N) is 1. The number of hydrogen-bond acceptors (Lipinski definition) is 5. The van der Waals surface area contributed by atoms with Gasteiger partial charge in [0, 0.05) is 36.5 Å². The normalized spacial score (nSPS) is 18.2. The van der Waals surface area contributed by atoms with Gasteiger partial charge in [-0.15, -0.1) is 0 Å². The average Bonchev–Trinajstić information content (AvgIpc) is 3.00. The average molecular weight is 725 g/mol. The highest BCUT2D eigenvalue weighted by atomic mass is 127. The Bertz CT molecular complexity index is 1180. The smallest absolute Gasteiger partial charge is 0.247 e. The van der Waals surface area contributed by atoms with E-state index in [2.05, 4.69) is 34.8 Å². The van der Waals surface area contributed by atoms with Crippen molar-refractivity contribution in [3.05, 3.63) is 74.3 Å². The third-order valence-electron chi connectivity index (χ3n) is 7.80. The second-order valence-electron chi connectivity index (χ2n) is 11.2. The molecule has 1 aliphatic rings. The van der Waals surface area contributed by atoms with Crippen LogP contribution in [0, 0.1) is 3.57 Å². The third kappa shape index (κ3) is 11.7. The maximum Gasteiger partial charge on any atom is 0.247 e. The Kier molecular flexibility index (Phi) is 15.9. The molecule has 0 saturated carbocycles. The molecular weight excluding hydrogens is 679 g/mol. The van der Waals surface area contributed by atoms with Gasteiger partial charge in [-0.1, -0.05) is 94.2 Å². The number of aliphatic hydroxyl groups excluding tert-OH is 2. The number of carbonyl (C=O) groups is 2. The topological polar surface area (TPSA) is 99.1 Å². The van der Waals surface area contributed by atoms with Crippen LogP contribution in [0.25, 0.3) is 0 Å². The molecule has 9 heteroatoms. The molecule has 0 aliphatic heterocycles. The summed E-state index contributed by atoms with van der Waals surface area (Å²) in [5, 5.41) is 24.2. The molecule has 3 N–H and O–H groups in total. The molecular formula is C34H46ClIN2O5. The van der Waals surface area contributed by atoms with Crippen LogP contribution in [0.3, 0.4) is 0 Å². The lowest BCUT2D eigenvalue weighted by Gasteiger charge is -2.40. The van der Waals surface area contributed by atoms with Gasteiger partial charge in [-0.25, -0.2) is 0 Å². The van der Waals surface area contributed by atoms with E-state index in [0.717, 1.165) is 28.4 Å². The first-order chi connectivity index (χ1) is 20.8. The summed E-state index contributed by atoms with van der Waals surface area (Å²) in [6.45, 7) is 2.42. The fraction of sp³-hybridized carbons (Fsp3) is 0.529. The SMILES string of the molecule is CCCCCCCCCCCC(=O)N(Cc1ccc(Cl)cc1)C1CC(C(=O)NCCO)=CC(Oc2ccccc2I)C1O. The quantitative estimate of drug-likeness (QED) is 0.116. The zero-order chi connectivity index (χ0) is 31.0. The van der Waals surface area contributed by atoms with Crippen LogP contribution in [-0.4, -0.2) is 58.3 Å². The lowest BCUT2D eigenvalue weighted by Crippen LogP contribution is -2.54. The van der Waals surface area contributed by atoms with Crippen LogP contribution in [-0.2, 0) is 16.1 Å². The van der Waals surface area contributed by atoms with Crippen molar-refractivity contribution in [1.29, 1.82) is 0 Å². The molecule has 2 aromatic rings. The van der Waals surface area contributed by atoms with E-state index in [4.69, 9.17) is 16.3 Å². The molecule has 0 aromatic heterocycles. The van der Waals surface area contributed by atoms with Gasteiger partial charge in [0.15, 0.2) is 0 Å². The van der Waals surface area contributed by atoms with E-state index < -0.39 is 18.2 Å². The summed E-state index contributed by atoms with van der Waals surface area (Å²) in [6.07, 6.45) is 10.6. The van der Waals surface area contributed by atoms with Crippen molar-refractivity contribution in [2.75, 3.05) is 13.2 Å². The van der Waals surface area contributed by atoms with Crippen LogP contribution < -0.4 is 10.1 Å². The first-order valence-electron chi connectivity index (χ1n) is 15.6. The summed E-state index contributed by atoms with van der Waals surface area (Å²) in [7, 11) is 0. The number of para-hydroxylation sites is 1. The molecule has 2 aromatic carbocycles. The number of ether oxygens (including phenoxy) is 1. The van der Waals surface area contributed by atoms with Crippen molar-refractivity contribution >= 4 is 46.0 Å². The van der Waals surface area contributed by atoms with Crippen LogP contribution >= 0.6 is 34.2 Å². The minimum Gasteiger partial charge on any atom is -0.482 e. The second kappa shape index (κ2) is 19.3. The van der Waals surface area contributed by atoms with Crippen molar-refractivity contribution < 1.29 is 24.5 Å². The van der Waals surface area contributed by atoms with E-state index >= 15 is 0 Å². The van der Waals surface area contributed by atoms with Crippen LogP contribution in [0.5, 0.6) is 5.75 Å². The van der Waals surface area contributed by atoms with Crippen LogP contribution in [0.2, 0.25) is 5.02 Å². The molecule has 0 saturated heterocycles. The first-order valence-corrected chi connectivity index (χ1v) is 17.0. The number of nitrogens with one attached hydrogen (secondary N) is 1. The highest BCUT2D eigenvalue weighted by Crippen LogP contribution is 2.31. The fourth-order valence-electron chi connectivity index (χ4n) is 5.37. The van der Waals surface area contributed by atoms with Crippen molar-refractivity contribution in [3.63, 3.8) is 0 Å². The summed E-state index contributed by atoms with van der Waals surface area (Å²) in [5.41, 5.74) is 1.30. The van der Waals surface area contributed by atoms with E-state index in [0.29, 0.717) is 22.8 Å². The van der Waals surface area contributed by atoms with E-state index in [-0.39, 0.29) is 37.9 Å². The third-order valence-corrected chi connectivity index (χ3v) is 8.94. The minimum atomic E-state index is -1.07. The highest BCUT2D eigenvalue weighted by Gasteiger charge is 2.40. The Hall–Kier alpha value is -2.14. The molecule has 2 amide bonds. The number of hydrogen-bond donors (Lipinski definition) is 3. The van der Waals surface area contributed by atoms with Gasteiger partial charge in [0.05, 0.1) is 16.2 Å². The number of carbonyl (C=O) groups excluding carboxylic acids is 2. The maximum absolute atomic E-state index is 13.8. The monoisotopic (exact) mass is 724 g/mol. The summed E-state index contributed by atoms with van der Waals surface area (Å²) in [6, 6.07) is 14.1. The number of rotatable bonds is 18. The number of amides is 2. The Morgan fingerprint density at radius 2 is 1.65 bits per heavy atom. The van der Waals surface area contributed by atoms with E-state index in [1.165, 1.54) is 38.5 Å². The molecule has 43 heavy (non-hydrogen) atoms. The van der Waals surface area contributed by atoms with Gasteiger partial charge in [0.1, 0.15) is 18.0 Å². The maximum atomic E-state index is 13.8. The van der Waals surface area contributed by atoms with Crippen molar-refractivity contribution in [2.45, 2.75) is 102 Å². The number of benzene rings is 2. The molecule has 7 nitrogen and oxygen atoms in total. The lowest BCUT2D eigenvalue weighted by molar-refractivity contribution is -0.139. The predicted octanol–water partition coefficient (Wildman–Crippen LogP) is 6.81. The zero-order valence-electron chi connectivity index (χ0n) is 25.2. The Labute approximate surface area is 275 Å². The molecule has 3 atom stereocenters. The van der Waals surface area contributed by atoms with Crippen molar-refractivity contribution in [2.24, 2.45) is 0 Å². The Morgan fingerprint density at radius 3 is 2.30 bits per heavy atom. The van der Waals surface area contributed by atoms with E-state index in [1.807, 2.05) is 36.4 Å². The molecule has 3 unspecified atom stereocenters. The second-order valence-corrected chi connectivity index (χ2v) is 12.8. The molecule has 3 rings (SSSR count). The molecule has 0 heterocycles. The van der Waals surface area contributed by atoms with E-state index in [1.54, 1.807) is 23.1 Å². The highest BCUT2D eigenvalue weighted by molar-refractivity contribution is 14.1. The number of halogens is 2. The van der Waals surface area contributed by atoms with Gasteiger partial charge in [-0.05, 0) is 64.9 Å². The van der Waals surface area contributed by atoms with Gasteiger partial charge in [-0.2, -0.15) is 0 Å². The first kappa shape index (κ1) is 35.3. The minimum absolute atomic E-state index is 0.0630. The summed E-state index contributed by atoms with van der Waals surface area (Å²) < 4.78 is 7.12. The number of unbranched alkanes of at least 4 members (excludes halogenated alkanes) is 8. The van der Waals surface area contributed by atoms with Gasteiger partial charge in [-0.3, -0.25) is 9.59 Å². The summed E-state index contributed by atoms with van der Waals surface area (Å²) in [4.78, 5) is 28.6. The van der Waals surface area contributed by atoms with Crippen LogP contribution in [0.1, 0.15) is 83.1 Å². The summed E-state index contributed by atoms with van der Waals surface area (Å²) in [5.74, 6) is 0.177. The predicted molar refractivity (Wildman–Crippen MR) is 180 cm³/mol. The van der Waals surface area contributed by atoms with Gasteiger partial charge < -0.3 is 25.2 Å². The van der Waals surface area contributed by atoms with Gasteiger partial charge >= 0.3 is 0 Å². The molecule has 0 bridgehead atoms. The molecule has 0 radical (unpaired) electrons. The van der Waals surface area contributed by atoms with Crippen molar-refractivity contribution in [1.82, 2.24) is 10.2 Å². The van der Waals surface area contributed by atoms with Crippen LogP contribution in [0.4, 0.5) is 0 Å². The number of aliphatic hydroxyl groups is 2. The van der Waals surface area contributed by atoms with Gasteiger partial charge in [0.25, 0.3) is 0 Å². The van der Waals surface area contributed by atoms with Gasteiger partial charge in [0.2, 0.25) is 11.8 Å². The molecule has 1 aliphatic carbocycles. The van der Waals surface area contributed by atoms with Crippen molar-refractivity contribution in [3.8, 4) is 5.75 Å². The zero-order valence-corrected chi connectivity index (χ0v) is 28.1. The molecule has 236 valence electrons.